The summed E-state index contributed by atoms with van der Waals surface area (Å²) in [6.07, 6.45) is 0.982. The Kier molecular flexibility index (Phi) is 2.97. The van der Waals surface area contributed by atoms with Gasteiger partial charge in [-0.15, -0.1) is 0 Å². The summed E-state index contributed by atoms with van der Waals surface area (Å²) in [6, 6.07) is 3.38. The number of benzene rings is 1. The monoisotopic (exact) mass is 210 g/mol. The molecular weight excluding hydrogens is 204 g/mol. The third-order valence-corrected chi connectivity index (χ3v) is 1.65. The summed E-state index contributed by atoms with van der Waals surface area (Å²) in [5.41, 5.74) is -0.685. The first-order valence-electron chi connectivity index (χ1n) is 3.75. The van der Waals surface area contributed by atoms with E-state index in [4.69, 9.17) is 10.3 Å². The van der Waals surface area contributed by atoms with Crippen molar-refractivity contribution in [2.45, 2.75) is 0 Å². The summed E-state index contributed by atoms with van der Waals surface area (Å²) >= 11 is 0. The maximum atomic E-state index is 10.7. The molecule has 7 nitrogen and oxygen atoms in total. The number of oxime groups is 1. The summed E-state index contributed by atoms with van der Waals surface area (Å²) in [6.45, 7) is 0. The van der Waals surface area contributed by atoms with Crippen LogP contribution in [0.5, 0.6) is 0 Å². The minimum Gasteiger partial charge on any atom is -0.477 e. The van der Waals surface area contributed by atoms with Gasteiger partial charge < -0.3 is 10.3 Å². The highest BCUT2D eigenvalue weighted by Crippen LogP contribution is 2.19. The molecule has 1 aromatic carbocycles. The van der Waals surface area contributed by atoms with Gasteiger partial charge in [0.15, 0.2) is 0 Å². The van der Waals surface area contributed by atoms with Crippen LogP contribution < -0.4 is 0 Å². The zero-order valence-corrected chi connectivity index (χ0v) is 7.32. The van der Waals surface area contributed by atoms with Crippen molar-refractivity contribution in [1.29, 1.82) is 0 Å². The van der Waals surface area contributed by atoms with E-state index in [0.717, 1.165) is 18.3 Å². The number of nitro benzene ring substituents is 1. The van der Waals surface area contributed by atoms with E-state index in [0.29, 0.717) is 0 Å². The van der Waals surface area contributed by atoms with E-state index < -0.39 is 22.1 Å². The molecule has 0 fully saturated rings. The summed E-state index contributed by atoms with van der Waals surface area (Å²) in [5.74, 6) is -1.41. The Morgan fingerprint density at radius 3 is 2.67 bits per heavy atom. The Morgan fingerprint density at radius 1 is 1.53 bits per heavy atom. The SMILES string of the molecule is O=C(O)c1cc(/C=N/O)ccc1[N+](=O)[O-]. The molecule has 0 atom stereocenters. The lowest BCUT2D eigenvalue weighted by Crippen LogP contribution is -2.03. The molecule has 0 spiro atoms. The minimum absolute atomic E-state index is 0.264. The molecule has 0 unspecified atom stereocenters. The van der Waals surface area contributed by atoms with E-state index >= 15 is 0 Å². The van der Waals surface area contributed by atoms with Crippen molar-refractivity contribution in [3.05, 3.63) is 39.4 Å². The number of rotatable bonds is 3. The average Bonchev–Trinajstić information content (AvgIpc) is 2.17. The molecule has 0 heterocycles. The Balaban J connectivity index is 3.33. The second-order valence-electron chi connectivity index (χ2n) is 2.58. The summed E-state index contributed by atoms with van der Waals surface area (Å²) in [5, 5.41) is 30.1. The van der Waals surface area contributed by atoms with Crippen molar-refractivity contribution in [2.75, 3.05) is 0 Å². The number of nitro groups is 1. The highest BCUT2D eigenvalue weighted by atomic mass is 16.6. The van der Waals surface area contributed by atoms with Crippen LogP contribution in [0.4, 0.5) is 5.69 Å². The molecule has 0 amide bonds. The lowest BCUT2D eigenvalue weighted by molar-refractivity contribution is -0.385. The number of carboxylic acids is 1. The van der Waals surface area contributed by atoms with Crippen LogP contribution in [0, 0.1) is 10.1 Å². The second kappa shape index (κ2) is 4.18. The van der Waals surface area contributed by atoms with Crippen LogP contribution in [0.1, 0.15) is 15.9 Å². The molecule has 7 heteroatoms. The number of hydrogen-bond acceptors (Lipinski definition) is 5. The fourth-order valence-corrected chi connectivity index (χ4v) is 1.03. The predicted octanol–water partition coefficient (Wildman–Crippen LogP) is 1.10. The van der Waals surface area contributed by atoms with Gasteiger partial charge >= 0.3 is 5.97 Å². The minimum atomic E-state index is -1.41. The highest BCUT2D eigenvalue weighted by Gasteiger charge is 2.19. The third-order valence-electron chi connectivity index (χ3n) is 1.65. The zero-order valence-electron chi connectivity index (χ0n) is 7.32. The van der Waals surface area contributed by atoms with Crippen LogP contribution in [0.15, 0.2) is 23.4 Å². The molecule has 0 aromatic heterocycles. The first-order valence-corrected chi connectivity index (χ1v) is 3.75. The Hall–Kier alpha value is -2.44. The molecule has 0 radical (unpaired) electrons. The molecule has 0 aliphatic rings. The smallest absolute Gasteiger partial charge is 0.342 e. The van der Waals surface area contributed by atoms with E-state index in [9.17, 15) is 14.9 Å². The van der Waals surface area contributed by atoms with Gasteiger partial charge in [-0.1, -0.05) is 5.16 Å². The quantitative estimate of drug-likeness (QED) is 0.335. The number of hydrogen-bond donors (Lipinski definition) is 2. The predicted molar refractivity (Wildman–Crippen MR) is 49.4 cm³/mol. The van der Waals surface area contributed by atoms with Gasteiger partial charge in [0.2, 0.25) is 0 Å². The van der Waals surface area contributed by atoms with Crippen molar-refractivity contribution in [2.24, 2.45) is 5.16 Å². The van der Waals surface area contributed by atoms with E-state index in [2.05, 4.69) is 5.16 Å². The molecule has 78 valence electrons. The lowest BCUT2D eigenvalue weighted by atomic mass is 10.1. The fraction of sp³-hybridized carbons (Fsp3) is 0. The van der Waals surface area contributed by atoms with Gasteiger partial charge in [0.1, 0.15) is 5.56 Å². The normalized spacial score (nSPS) is 10.4. The van der Waals surface area contributed by atoms with E-state index in [1.165, 1.54) is 6.07 Å². The zero-order chi connectivity index (χ0) is 11.4. The molecule has 0 aliphatic carbocycles. The fourth-order valence-electron chi connectivity index (χ4n) is 1.03. The van der Waals surface area contributed by atoms with Crippen LogP contribution in [-0.4, -0.2) is 27.4 Å². The van der Waals surface area contributed by atoms with Crippen molar-refractivity contribution in [3.8, 4) is 0 Å². The Bertz CT molecular complexity index is 441. The molecule has 0 saturated carbocycles. The van der Waals surface area contributed by atoms with E-state index in [1.54, 1.807) is 0 Å². The topological polar surface area (TPSA) is 113 Å². The van der Waals surface area contributed by atoms with Gasteiger partial charge in [0.05, 0.1) is 11.1 Å². The second-order valence-corrected chi connectivity index (χ2v) is 2.58. The third kappa shape index (κ3) is 2.27. The van der Waals surface area contributed by atoms with Crippen LogP contribution in [-0.2, 0) is 0 Å². The van der Waals surface area contributed by atoms with Crippen LogP contribution in [0.3, 0.4) is 0 Å². The van der Waals surface area contributed by atoms with Crippen LogP contribution in [0.25, 0.3) is 0 Å². The molecular formula is C8H6N2O5. The van der Waals surface area contributed by atoms with Crippen molar-refractivity contribution in [1.82, 2.24) is 0 Å². The maximum Gasteiger partial charge on any atom is 0.342 e. The van der Waals surface area contributed by atoms with Gasteiger partial charge in [-0.05, 0) is 17.7 Å². The van der Waals surface area contributed by atoms with Gasteiger partial charge in [-0.3, -0.25) is 10.1 Å². The van der Waals surface area contributed by atoms with Crippen molar-refractivity contribution < 1.29 is 20.0 Å². The molecule has 2 N–H and O–H groups in total. The first kappa shape index (κ1) is 10.6. The largest absolute Gasteiger partial charge is 0.477 e. The van der Waals surface area contributed by atoms with Crippen LogP contribution in [0.2, 0.25) is 0 Å². The standard InChI is InChI=1S/C8H6N2O5/c11-8(12)6-3-5(4-9-13)1-2-7(6)10(14)15/h1-4,13H,(H,11,12)/b9-4+. The van der Waals surface area contributed by atoms with E-state index in [1.807, 2.05) is 0 Å². The number of carboxylic acid groups (broad SMARTS) is 1. The molecule has 0 aliphatic heterocycles. The van der Waals surface area contributed by atoms with Gasteiger partial charge in [-0.25, -0.2) is 4.79 Å². The Morgan fingerprint density at radius 2 is 2.20 bits per heavy atom. The summed E-state index contributed by atoms with van der Waals surface area (Å²) in [4.78, 5) is 20.3. The molecule has 1 rings (SSSR count). The lowest BCUT2D eigenvalue weighted by Gasteiger charge is -1.98. The van der Waals surface area contributed by atoms with Gasteiger partial charge in [0, 0.05) is 6.07 Å². The highest BCUT2D eigenvalue weighted by molar-refractivity contribution is 5.95. The van der Waals surface area contributed by atoms with Gasteiger partial charge in [0.25, 0.3) is 5.69 Å². The van der Waals surface area contributed by atoms with Gasteiger partial charge in [-0.2, -0.15) is 0 Å². The molecule has 1 aromatic rings. The molecule has 15 heavy (non-hydrogen) atoms. The van der Waals surface area contributed by atoms with Crippen molar-refractivity contribution in [3.63, 3.8) is 0 Å². The maximum absolute atomic E-state index is 10.7. The summed E-state index contributed by atoms with van der Waals surface area (Å²) < 4.78 is 0. The average molecular weight is 210 g/mol. The van der Waals surface area contributed by atoms with Crippen LogP contribution >= 0.6 is 0 Å². The molecule has 0 saturated heterocycles. The van der Waals surface area contributed by atoms with Crippen molar-refractivity contribution >= 4 is 17.9 Å². The summed E-state index contributed by atoms with van der Waals surface area (Å²) in [7, 11) is 0. The number of nitrogens with zero attached hydrogens (tertiary/aromatic N) is 2. The Labute approximate surface area is 83.4 Å². The first-order chi connectivity index (χ1) is 7.06. The number of carbonyl (C=O) groups is 1. The number of aromatic carboxylic acids is 1. The van der Waals surface area contributed by atoms with E-state index in [-0.39, 0.29) is 5.56 Å². The molecule has 0 bridgehead atoms.